The lowest BCUT2D eigenvalue weighted by Gasteiger charge is -2.05. The molecule has 8 heteroatoms. The topological polar surface area (TPSA) is 98.1 Å². The molecule has 0 aliphatic carbocycles. The summed E-state index contributed by atoms with van der Waals surface area (Å²) in [6.45, 7) is 1.57. The van der Waals surface area contributed by atoms with Gasteiger partial charge in [0.05, 0.1) is 4.92 Å². The highest BCUT2D eigenvalue weighted by atomic mass is 35.5. The first-order chi connectivity index (χ1) is 8.99. The third-order valence-corrected chi connectivity index (χ3v) is 2.52. The lowest BCUT2D eigenvalue weighted by molar-refractivity contribution is -0.386. The number of nitrogens with one attached hydrogen (secondary N) is 1. The molecule has 1 heterocycles. The van der Waals surface area contributed by atoms with Crippen LogP contribution in [0.2, 0.25) is 5.15 Å². The van der Waals surface area contributed by atoms with Gasteiger partial charge in [-0.25, -0.2) is 0 Å². The summed E-state index contributed by atoms with van der Waals surface area (Å²) < 4.78 is 5.18. The molecule has 0 unspecified atom stereocenters. The molecule has 1 N–H and O–H groups in total. The Morgan fingerprint density at radius 1 is 1.47 bits per heavy atom. The van der Waals surface area contributed by atoms with E-state index in [1.165, 1.54) is 6.07 Å². The van der Waals surface area contributed by atoms with E-state index in [0.29, 0.717) is 5.56 Å². The van der Waals surface area contributed by atoms with Crippen LogP contribution in [0.4, 0.5) is 5.69 Å². The van der Waals surface area contributed by atoms with Crippen LogP contribution in [0.5, 0.6) is 11.6 Å². The lowest BCUT2D eigenvalue weighted by atomic mass is 10.2. The predicted molar refractivity (Wildman–Crippen MR) is 67.8 cm³/mol. The summed E-state index contributed by atoms with van der Waals surface area (Å²) in [4.78, 5) is 21.9. The van der Waals surface area contributed by atoms with Crippen LogP contribution in [0.3, 0.4) is 0 Å². The Bertz CT molecular complexity index is 699. The molecule has 2 aromatic rings. The van der Waals surface area contributed by atoms with Crippen molar-refractivity contribution in [2.24, 2.45) is 0 Å². The van der Waals surface area contributed by atoms with Crippen LogP contribution in [-0.4, -0.2) is 15.1 Å². The van der Waals surface area contributed by atoms with Gasteiger partial charge in [-0.05, 0) is 13.0 Å². The highest BCUT2D eigenvalue weighted by molar-refractivity contribution is 6.29. The standard InChI is InChI=1S/C11H8ClN3O4/c1-6-3-2-4-8(10(6)15(17)18)19-11-7(16)5-9(12)13-14-11/h2-5H,1H3,(H,13,16). The Kier molecular flexibility index (Phi) is 3.48. The van der Waals surface area contributed by atoms with Gasteiger partial charge in [-0.1, -0.05) is 23.7 Å². The fourth-order valence-electron chi connectivity index (χ4n) is 1.49. The first-order valence-corrected chi connectivity index (χ1v) is 5.54. The second-order valence-electron chi connectivity index (χ2n) is 3.67. The normalized spacial score (nSPS) is 10.2. The van der Waals surface area contributed by atoms with Gasteiger partial charge in [-0.15, -0.1) is 5.10 Å². The highest BCUT2D eigenvalue weighted by Crippen LogP contribution is 2.32. The number of H-pyrrole nitrogens is 1. The van der Waals surface area contributed by atoms with Crippen LogP contribution in [0, 0.1) is 17.0 Å². The zero-order valence-corrected chi connectivity index (χ0v) is 10.5. The molecule has 0 fully saturated rings. The van der Waals surface area contributed by atoms with Gasteiger partial charge < -0.3 is 4.74 Å². The largest absolute Gasteiger partial charge is 0.427 e. The van der Waals surface area contributed by atoms with Crippen molar-refractivity contribution in [2.45, 2.75) is 6.92 Å². The maximum atomic E-state index is 11.5. The molecule has 0 radical (unpaired) electrons. The molecule has 0 aliphatic heterocycles. The predicted octanol–water partition coefficient (Wildman–Crippen LogP) is 2.43. The smallest absolute Gasteiger partial charge is 0.314 e. The van der Waals surface area contributed by atoms with Gasteiger partial charge in [-0.3, -0.25) is 20.0 Å². The van der Waals surface area contributed by atoms with Crippen LogP contribution in [0.1, 0.15) is 5.56 Å². The highest BCUT2D eigenvalue weighted by Gasteiger charge is 2.20. The van der Waals surface area contributed by atoms with E-state index in [1.54, 1.807) is 19.1 Å². The summed E-state index contributed by atoms with van der Waals surface area (Å²) in [7, 11) is 0. The van der Waals surface area contributed by atoms with Crippen molar-refractivity contribution in [3.8, 4) is 11.6 Å². The van der Waals surface area contributed by atoms with Crippen molar-refractivity contribution in [3.05, 3.63) is 55.3 Å². The van der Waals surface area contributed by atoms with E-state index >= 15 is 0 Å². The van der Waals surface area contributed by atoms with E-state index < -0.39 is 10.4 Å². The molecule has 2 rings (SSSR count). The molecule has 0 spiro atoms. The molecule has 98 valence electrons. The Hall–Kier alpha value is -2.41. The molecular weight excluding hydrogens is 274 g/mol. The number of ether oxygens (including phenoxy) is 1. The zero-order chi connectivity index (χ0) is 14.0. The number of aryl methyl sites for hydroxylation is 1. The maximum absolute atomic E-state index is 11.5. The number of aromatic nitrogens is 2. The molecule has 1 aromatic carbocycles. The fraction of sp³-hybridized carbons (Fsp3) is 0.0909. The monoisotopic (exact) mass is 281 g/mol. The van der Waals surface area contributed by atoms with Crippen LogP contribution in [-0.2, 0) is 0 Å². The molecule has 1 aromatic heterocycles. The number of nitro benzene ring substituents is 1. The minimum atomic E-state index is -0.575. The summed E-state index contributed by atoms with van der Waals surface area (Å²) in [6.07, 6.45) is 0. The minimum Gasteiger partial charge on any atom is -0.427 e. The third-order valence-electron chi connectivity index (χ3n) is 2.32. The summed E-state index contributed by atoms with van der Waals surface area (Å²) >= 11 is 5.55. The van der Waals surface area contributed by atoms with Crippen molar-refractivity contribution in [1.29, 1.82) is 0 Å². The maximum Gasteiger partial charge on any atom is 0.314 e. The summed E-state index contributed by atoms with van der Waals surface area (Å²) in [5.41, 5.74) is -0.355. The molecule has 0 amide bonds. The molecular formula is C11H8ClN3O4. The van der Waals surface area contributed by atoms with Crippen molar-refractivity contribution in [2.75, 3.05) is 0 Å². The molecule has 0 bridgehead atoms. The fourth-order valence-corrected chi connectivity index (χ4v) is 1.64. The van der Waals surface area contributed by atoms with Gasteiger partial charge in [0, 0.05) is 11.6 Å². The Labute approximate surface area is 111 Å². The molecule has 0 saturated carbocycles. The number of benzene rings is 1. The van der Waals surface area contributed by atoms with Gasteiger partial charge in [0.15, 0.2) is 0 Å². The third kappa shape index (κ3) is 2.71. The van der Waals surface area contributed by atoms with Crippen molar-refractivity contribution in [1.82, 2.24) is 10.2 Å². The van der Waals surface area contributed by atoms with Crippen molar-refractivity contribution < 1.29 is 9.66 Å². The summed E-state index contributed by atoms with van der Waals surface area (Å²) in [5, 5.41) is 17.0. The van der Waals surface area contributed by atoms with Gasteiger partial charge in [0.2, 0.25) is 11.2 Å². The number of hydrogen-bond acceptors (Lipinski definition) is 5. The minimum absolute atomic E-state index is 0.0506. The van der Waals surface area contributed by atoms with Crippen LogP contribution >= 0.6 is 11.6 Å². The SMILES string of the molecule is Cc1cccc(Oc2n[nH]c(Cl)cc2=O)c1[N+](=O)[O-]. The first kappa shape index (κ1) is 13.0. The number of nitrogens with zero attached hydrogens (tertiary/aromatic N) is 2. The van der Waals surface area contributed by atoms with Crippen molar-refractivity contribution >= 4 is 17.3 Å². The summed E-state index contributed by atoms with van der Waals surface area (Å²) in [5.74, 6) is -0.358. The number of para-hydroxylation sites is 1. The van der Waals surface area contributed by atoms with E-state index in [2.05, 4.69) is 10.2 Å². The van der Waals surface area contributed by atoms with Crippen molar-refractivity contribution in [3.63, 3.8) is 0 Å². The second kappa shape index (κ2) is 5.07. The quantitative estimate of drug-likeness (QED) is 0.688. The molecule has 0 aliphatic rings. The molecule has 0 saturated heterocycles. The van der Waals surface area contributed by atoms with E-state index in [0.717, 1.165) is 6.07 Å². The Morgan fingerprint density at radius 2 is 2.21 bits per heavy atom. The summed E-state index contributed by atoms with van der Waals surface area (Å²) in [6, 6.07) is 5.62. The van der Waals surface area contributed by atoms with E-state index in [1.807, 2.05) is 0 Å². The van der Waals surface area contributed by atoms with E-state index in [-0.39, 0.29) is 22.5 Å². The number of halogens is 1. The van der Waals surface area contributed by atoms with E-state index in [9.17, 15) is 14.9 Å². The average molecular weight is 282 g/mol. The first-order valence-electron chi connectivity index (χ1n) is 5.16. The number of hydrogen-bond donors (Lipinski definition) is 1. The number of aromatic amines is 1. The van der Waals surface area contributed by atoms with Gasteiger partial charge in [0.25, 0.3) is 5.88 Å². The molecule has 7 nitrogen and oxygen atoms in total. The lowest BCUT2D eigenvalue weighted by Crippen LogP contribution is -2.08. The van der Waals surface area contributed by atoms with Gasteiger partial charge in [-0.2, -0.15) is 0 Å². The van der Waals surface area contributed by atoms with E-state index in [4.69, 9.17) is 16.3 Å². The zero-order valence-electron chi connectivity index (χ0n) is 9.71. The number of rotatable bonds is 3. The van der Waals surface area contributed by atoms with Gasteiger partial charge >= 0.3 is 5.69 Å². The Balaban J connectivity index is 2.47. The molecule has 19 heavy (non-hydrogen) atoms. The average Bonchev–Trinajstić information content (AvgIpc) is 2.32. The van der Waals surface area contributed by atoms with Crippen LogP contribution in [0.25, 0.3) is 0 Å². The van der Waals surface area contributed by atoms with Crippen LogP contribution in [0.15, 0.2) is 29.1 Å². The molecule has 0 atom stereocenters. The number of nitro groups is 1. The van der Waals surface area contributed by atoms with Gasteiger partial charge in [0.1, 0.15) is 5.15 Å². The second-order valence-corrected chi connectivity index (χ2v) is 4.07. The Morgan fingerprint density at radius 3 is 2.84 bits per heavy atom. The van der Waals surface area contributed by atoms with Crippen LogP contribution < -0.4 is 10.2 Å².